The second-order valence-corrected chi connectivity index (χ2v) is 4.25. The molecule has 0 amide bonds. The Kier molecular flexibility index (Phi) is 3.94. The van der Waals surface area contributed by atoms with E-state index in [9.17, 15) is 26.3 Å². The Bertz CT molecular complexity index is 653. The first-order valence-corrected chi connectivity index (χ1v) is 5.80. The van der Waals surface area contributed by atoms with Crippen LogP contribution in [-0.4, -0.2) is 20.2 Å². The highest BCUT2D eigenvalue weighted by Crippen LogP contribution is 2.37. The molecule has 22 heavy (non-hydrogen) atoms. The molecule has 118 valence electrons. The first-order chi connectivity index (χ1) is 10.1. The Morgan fingerprint density at radius 2 is 1.55 bits per heavy atom. The van der Waals surface area contributed by atoms with Gasteiger partial charge >= 0.3 is 12.4 Å². The standard InChI is InChI=1S/C12H8F6N4/c1-2-3-22-20-10(19-21-22)7-4-8(11(13,14)15)6-9(5-7)12(16,17)18/h2,4-6H,1,3H2. The molecule has 0 aliphatic rings. The highest BCUT2D eigenvalue weighted by Gasteiger charge is 2.37. The molecule has 0 spiro atoms. The van der Waals surface area contributed by atoms with Crippen LogP contribution in [0.25, 0.3) is 11.4 Å². The molecule has 10 heteroatoms. The third kappa shape index (κ3) is 3.43. The Morgan fingerprint density at radius 3 is 2.00 bits per heavy atom. The zero-order valence-corrected chi connectivity index (χ0v) is 10.8. The number of hydrogen-bond acceptors (Lipinski definition) is 3. The van der Waals surface area contributed by atoms with Crippen LogP contribution in [0.4, 0.5) is 26.3 Å². The van der Waals surface area contributed by atoms with Gasteiger partial charge in [-0.15, -0.1) is 16.8 Å². The summed E-state index contributed by atoms with van der Waals surface area (Å²) in [6.45, 7) is 3.53. The van der Waals surface area contributed by atoms with Gasteiger partial charge in [0, 0.05) is 5.56 Å². The minimum atomic E-state index is -4.92. The Balaban J connectivity index is 2.56. The fraction of sp³-hybridized carbons (Fsp3) is 0.250. The minimum Gasteiger partial charge on any atom is -0.166 e. The van der Waals surface area contributed by atoms with Crippen LogP contribution in [0.2, 0.25) is 0 Å². The van der Waals surface area contributed by atoms with Gasteiger partial charge in [0.05, 0.1) is 17.7 Å². The SMILES string of the molecule is C=CCn1nnc(-c2cc(C(F)(F)F)cc(C(F)(F)F)c2)n1. The smallest absolute Gasteiger partial charge is 0.166 e. The summed E-state index contributed by atoms with van der Waals surface area (Å²) in [6, 6.07) is 1.13. The van der Waals surface area contributed by atoms with E-state index < -0.39 is 29.0 Å². The molecule has 0 atom stereocenters. The number of rotatable bonds is 3. The van der Waals surface area contributed by atoms with Crippen molar-refractivity contribution in [1.29, 1.82) is 0 Å². The van der Waals surface area contributed by atoms with Crippen LogP contribution in [-0.2, 0) is 18.9 Å². The van der Waals surface area contributed by atoms with Gasteiger partial charge in [0.15, 0.2) is 0 Å². The van der Waals surface area contributed by atoms with Gasteiger partial charge in [-0.1, -0.05) is 6.08 Å². The molecule has 2 rings (SSSR count). The van der Waals surface area contributed by atoms with Gasteiger partial charge in [-0.3, -0.25) is 0 Å². The largest absolute Gasteiger partial charge is 0.416 e. The van der Waals surface area contributed by atoms with Crippen molar-refractivity contribution < 1.29 is 26.3 Å². The quantitative estimate of drug-likeness (QED) is 0.641. The molecule has 0 N–H and O–H groups in total. The summed E-state index contributed by atoms with van der Waals surface area (Å²) in [5.41, 5.74) is -3.28. The van der Waals surface area contributed by atoms with Crippen molar-refractivity contribution in [2.45, 2.75) is 18.9 Å². The molecule has 0 saturated heterocycles. The van der Waals surface area contributed by atoms with E-state index in [2.05, 4.69) is 22.0 Å². The molecule has 0 saturated carbocycles. The van der Waals surface area contributed by atoms with E-state index >= 15 is 0 Å². The molecule has 1 aromatic heterocycles. The van der Waals surface area contributed by atoms with E-state index in [0.717, 1.165) is 4.80 Å². The van der Waals surface area contributed by atoms with Gasteiger partial charge in [-0.05, 0) is 23.4 Å². The second-order valence-electron chi connectivity index (χ2n) is 4.25. The molecule has 1 aromatic carbocycles. The molecular weight excluding hydrogens is 314 g/mol. The lowest BCUT2D eigenvalue weighted by molar-refractivity contribution is -0.143. The van der Waals surface area contributed by atoms with E-state index in [-0.39, 0.29) is 18.4 Å². The topological polar surface area (TPSA) is 43.6 Å². The maximum absolute atomic E-state index is 12.7. The van der Waals surface area contributed by atoms with Gasteiger partial charge in [0.25, 0.3) is 0 Å². The van der Waals surface area contributed by atoms with Gasteiger partial charge in [-0.25, -0.2) is 0 Å². The van der Waals surface area contributed by atoms with Crippen molar-refractivity contribution in [3.8, 4) is 11.4 Å². The Hall–Kier alpha value is -2.39. The van der Waals surface area contributed by atoms with E-state index in [1.807, 2.05) is 0 Å². The number of halogens is 6. The third-order valence-electron chi connectivity index (χ3n) is 2.59. The monoisotopic (exact) mass is 322 g/mol. The number of hydrogen-bond donors (Lipinski definition) is 0. The summed E-state index contributed by atoms with van der Waals surface area (Å²) in [4.78, 5) is 0.996. The van der Waals surface area contributed by atoms with E-state index in [4.69, 9.17) is 0 Å². The number of aromatic nitrogens is 4. The summed E-state index contributed by atoms with van der Waals surface area (Å²) in [7, 11) is 0. The number of nitrogens with zero attached hydrogens (tertiary/aromatic N) is 4. The third-order valence-corrected chi connectivity index (χ3v) is 2.59. The molecule has 1 heterocycles. The van der Waals surface area contributed by atoms with Crippen molar-refractivity contribution >= 4 is 0 Å². The van der Waals surface area contributed by atoms with Crippen molar-refractivity contribution in [3.63, 3.8) is 0 Å². The van der Waals surface area contributed by atoms with E-state index in [1.165, 1.54) is 6.08 Å². The molecular formula is C12H8F6N4. The van der Waals surface area contributed by atoms with Gasteiger partial charge in [-0.2, -0.15) is 31.1 Å². The summed E-state index contributed by atoms with van der Waals surface area (Å²) in [5.74, 6) is -0.335. The first kappa shape index (κ1) is 16.0. The molecule has 0 aliphatic carbocycles. The molecule has 0 bridgehead atoms. The average Bonchev–Trinajstić information content (AvgIpc) is 2.85. The maximum Gasteiger partial charge on any atom is 0.416 e. The summed E-state index contributed by atoms with van der Waals surface area (Å²) < 4.78 is 76.4. The van der Waals surface area contributed by atoms with Crippen LogP contribution >= 0.6 is 0 Å². The minimum absolute atomic E-state index is 0.0393. The average molecular weight is 322 g/mol. The lowest BCUT2D eigenvalue weighted by Crippen LogP contribution is -2.11. The van der Waals surface area contributed by atoms with Crippen LogP contribution in [0.15, 0.2) is 30.9 Å². The predicted molar refractivity (Wildman–Crippen MR) is 63.5 cm³/mol. The number of tetrazole rings is 1. The van der Waals surface area contributed by atoms with Crippen molar-refractivity contribution in [1.82, 2.24) is 20.2 Å². The highest BCUT2D eigenvalue weighted by atomic mass is 19.4. The zero-order valence-electron chi connectivity index (χ0n) is 10.8. The number of allylic oxidation sites excluding steroid dienone is 1. The summed E-state index contributed by atoms with van der Waals surface area (Å²) >= 11 is 0. The summed E-state index contributed by atoms with van der Waals surface area (Å²) in [6.07, 6.45) is -8.45. The van der Waals surface area contributed by atoms with Crippen LogP contribution < -0.4 is 0 Å². The van der Waals surface area contributed by atoms with Crippen LogP contribution in [0.5, 0.6) is 0 Å². The molecule has 0 unspecified atom stereocenters. The number of alkyl halides is 6. The van der Waals surface area contributed by atoms with Crippen LogP contribution in [0, 0.1) is 0 Å². The second kappa shape index (κ2) is 5.43. The maximum atomic E-state index is 12.7. The van der Waals surface area contributed by atoms with Crippen molar-refractivity contribution in [2.75, 3.05) is 0 Å². The Labute approximate surface area is 120 Å². The van der Waals surface area contributed by atoms with E-state index in [1.54, 1.807) is 0 Å². The first-order valence-electron chi connectivity index (χ1n) is 5.80. The summed E-state index contributed by atoms with van der Waals surface area (Å²) in [5, 5.41) is 10.7. The molecule has 0 radical (unpaired) electrons. The normalized spacial score (nSPS) is 12.5. The van der Waals surface area contributed by atoms with Gasteiger partial charge in [0.1, 0.15) is 0 Å². The van der Waals surface area contributed by atoms with Gasteiger partial charge in [0.2, 0.25) is 5.82 Å². The highest BCUT2D eigenvalue weighted by molar-refractivity contribution is 5.57. The molecule has 0 fully saturated rings. The zero-order chi connectivity index (χ0) is 16.5. The fourth-order valence-electron chi connectivity index (χ4n) is 1.64. The molecule has 0 aliphatic heterocycles. The Morgan fingerprint density at radius 1 is 1.00 bits per heavy atom. The van der Waals surface area contributed by atoms with Crippen molar-refractivity contribution in [3.05, 3.63) is 42.0 Å². The van der Waals surface area contributed by atoms with Crippen molar-refractivity contribution in [2.24, 2.45) is 0 Å². The fourth-order valence-corrected chi connectivity index (χ4v) is 1.64. The predicted octanol–water partition coefficient (Wildman–Crippen LogP) is 3.56. The molecule has 4 nitrogen and oxygen atoms in total. The lowest BCUT2D eigenvalue weighted by Gasteiger charge is -2.12. The lowest BCUT2D eigenvalue weighted by atomic mass is 10.0. The van der Waals surface area contributed by atoms with Crippen LogP contribution in [0.3, 0.4) is 0 Å². The van der Waals surface area contributed by atoms with E-state index in [0.29, 0.717) is 12.1 Å². The molecule has 2 aromatic rings. The number of benzene rings is 1. The van der Waals surface area contributed by atoms with Crippen LogP contribution in [0.1, 0.15) is 11.1 Å². The van der Waals surface area contributed by atoms with Gasteiger partial charge < -0.3 is 0 Å².